The van der Waals surface area contributed by atoms with E-state index in [0.717, 1.165) is 23.6 Å². The predicted octanol–water partition coefficient (Wildman–Crippen LogP) is 3.75. The van der Waals surface area contributed by atoms with Gasteiger partial charge in [0.05, 0.1) is 11.9 Å². The van der Waals surface area contributed by atoms with Crippen LogP contribution in [0.5, 0.6) is 0 Å². The maximum Gasteiger partial charge on any atom is 0.0971 e. The van der Waals surface area contributed by atoms with Crippen molar-refractivity contribution in [2.45, 2.75) is 70.8 Å². The first kappa shape index (κ1) is 12.5. The molecule has 3 aliphatic carbocycles. The van der Waals surface area contributed by atoms with Crippen LogP contribution in [-0.2, 0) is 0 Å². The molecule has 2 N–H and O–H groups in total. The summed E-state index contributed by atoms with van der Waals surface area (Å²) in [6, 6.07) is 0.474. The molecule has 0 aromatic rings. The molecule has 18 heavy (non-hydrogen) atoms. The Labute approximate surface area is 111 Å². The van der Waals surface area contributed by atoms with Crippen molar-refractivity contribution in [2.75, 3.05) is 0 Å². The Bertz CT molecular complexity index is 317. The fraction of sp³-hybridized carbons (Fsp3) is 0.938. The van der Waals surface area contributed by atoms with E-state index in [9.17, 15) is 0 Å². The second kappa shape index (κ2) is 5.22. The quantitative estimate of drug-likeness (QED) is 0.599. The summed E-state index contributed by atoms with van der Waals surface area (Å²) in [6.45, 7) is 2.31. The van der Waals surface area contributed by atoms with Gasteiger partial charge in [-0.05, 0) is 56.8 Å². The van der Waals surface area contributed by atoms with E-state index in [1.807, 2.05) is 0 Å². The highest BCUT2D eigenvalue weighted by molar-refractivity contribution is 5.83. The van der Waals surface area contributed by atoms with Gasteiger partial charge in [-0.15, -0.1) is 0 Å². The average Bonchev–Trinajstić information content (AvgIpc) is 3.02. The molecular weight excluding hydrogens is 220 g/mol. The van der Waals surface area contributed by atoms with E-state index in [1.165, 1.54) is 57.8 Å². The number of hydrogen-bond acceptors (Lipinski definition) is 1. The van der Waals surface area contributed by atoms with Crippen LogP contribution in [0.25, 0.3) is 0 Å². The van der Waals surface area contributed by atoms with Crippen LogP contribution in [-0.4, -0.2) is 11.9 Å². The molecule has 0 aliphatic heterocycles. The highest BCUT2D eigenvalue weighted by atomic mass is 14.9. The van der Waals surface area contributed by atoms with Crippen LogP contribution in [0.15, 0.2) is 4.99 Å². The van der Waals surface area contributed by atoms with Crippen molar-refractivity contribution in [3.05, 3.63) is 0 Å². The van der Waals surface area contributed by atoms with E-state index in [2.05, 4.69) is 6.92 Å². The lowest BCUT2D eigenvalue weighted by atomic mass is 9.83. The smallest absolute Gasteiger partial charge is 0.0971 e. The molecule has 3 aliphatic rings. The van der Waals surface area contributed by atoms with Crippen molar-refractivity contribution in [2.24, 2.45) is 34.4 Å². The van der Waals surface area contributed by atoms with Crippen molar-refractivity contribution in [3.63, 3.8) is 0 Å². The van der Waals surface area contributed by atoms with Gasteiger partial charge in [0.15, 0.2) is 0 Å². The molecule has 2 bridgehead atoms. The Kier molecular flexibility index (Phi) is 3.63. The molecule has 102 valence electrons. The molecular formula is C16H28N2. The minimum atomic E-state index is 0.474. The maximum absolute atomic E-state index is 6.27. The van der Waals surface area contributed by atoms with E-state index in [1.54, 1.807) is 0 Å². The van der Waals surface area contributed by atoms with Crippen LogP contribution >= 0.6 is 0 Å². The van der Waals surface area contributed by atoms with Crippen molar-refractivity contribution in [1.82, 2.24) is 0 Å². The number of rotatable bonds is 3. The molecule has 4 atom stereocenters. The number of hydrogen-bond donors (Lipinski definition) is 1. The maximum atomic E-state index is 6.27. The molecule has 0 saturated heterocycles. The summed E-state index contributed by atoms with van der Waals surface area (Å²) in [6.07, 6.45) is 12.5. The first-order valence-corrected chi connectivity index (χ1v) is 8.07. The van der Waals surface area contributed by atoms with Gasteiger partial charge >= 0.3 is 0 Å². The van der Waals surface area contributed by atoms with Gasteiger partial charge in [0.1, 0.15) is 0 Å². The van der Waals surface area contributed by atoms with Gasteiger partial charge < -0.3 is 5.73 Å². The molecule has 0 amide bonds. The van der Waals surface area contributed by atoms with Crippen LogP contribution in [0.2, 0.25) is 0 Å². The summed E-state index contributed by atoms with van der Waals surface area (Å²) in [4.78, 5) is 4.90. The zero-order valence-electron chi connectivity index (χ0n) is 11.8. The highest BCUT2D eigenvalue weighted by Gasteiger charge is 2.41. The Hall–Kier alpha value is -0.530. The third-order valence-corrected chi connectivity index (χ3v) is 5.79. The average molecular weight is 248 g/mol. The first-order chi connectivity index (χ1) is 8.74. The summed E-state index contributed by atoms with van der Waals surface area (Å²) in [5.74, 6) is 4.40. The van der Waals surface area contributed by atoms with E-state index >= 15 is 0 Å². The molecule has 0 aromatic heterocycles. The molecule has 0 radical (unpaired) electrons. The zero-order chi connectivity index (χ0) is 12.5. The standard InChI is InChI=1S/C16H28N2/c1-11(15-10-12-7-8-14(15)9-12)18-16(17)13-5-3-2-4-6-13/h11-15H,2-10H2,1H3,(H2,17,18). The summed E-state index contributed by atoms with van der Waals surface area (Å²) in [7, 11) is 0. The number of aliphatic imine (C=N–C) groups is 1. The van der Waals surface area contributed by atoms with Gasteiger partial charge in [0.25, 0.3) is 0 Å². The molecule has 4 unspecified atom stereocenters. The molecule has 3 saturated carbocycles. The third-order valence-electron chi connectivity index (χ3n) is 5.79. The molecule has 0 aromatic carbocycles. The van der Waals surface area contributed by atoms with Crippen molar-refractivity contribution < 1.29 is 0 Å². The number of nitrogens with zero attached hydrogens (tertiary/aromatic N) is 1. The summed E-state index contributed by atoms with van der Waals surface area (Å²) in [5.41, 5.74) is 6.27. The topological polar surface area (TPSA) is 38.4 Å². The summed E-state index contributed by atoms with van der Waals surface area (Å²) < 4.78 is 0. The minimum absolute atomic E-state index is 0.474. The summed E-state index contributed by atoms with van der Waals surface area (Å²) >= 11 is 0. The molecule has 0 heterocycles. The lowest BCUT2D eigenvalue weighted by Crippen LogP contribution is -2.30. The Balaban J connectivity index is 1.60. The van der Waals surface area contributed by atoms with Gasteiger partial charge in [-0.1, -0.05) is 25.7 Å². The molecule has 2 heteroatoms. The fourth-order valence-corrected chi connectivity index (χ4v) is 4.72. The summed E-state index contributed by atoms with van der Waals surface area (Å²) in [5, 5.41) is 0. The second-order valence-corrected chi connectivity index (χ2v) is 6.97. The third kappa shape index (κ3) is 2.44. The Morgan fingerprint density at radius 2 is 1.83 bits per heavy atom. The monoisotopic (exact) mass is 248 g/mol. The van der Waals surface area contributed by atoms with Crippen LogP contribution in [0.1, 0.15) is 64.7 Å². The number of nitrogens with two attached hydrogens (primary N) is 1. The van der Waals surface area contributed by atoms with Gasteiger partial charge in [0, 0.05) is 5.92 Å². The SMILES string of the molecule is CC(N=C(N)C1CCCCC1)C1CC2CCC1C2. The van der Waals surface area contributed by atoms with E-state index in [-0.39, 0.29) is 0 Å². The molecule has 2 nitrogen and oxygen atoms in total. The Morgan fingerprint density at radius 1 is 1.06 bits per heavy atom. The first-order valence-electron chi connectivity index (χ1n) is 8.07. The Morgan fingerprint density at radius 3 is 2.44 bits per heavy atom. The molecule has 0 spiro atoms. The van der Waals surface area contributed by atoms with Crippen LogP contribution < -0.4 is 5.73 Å². The normalized spacial score (nSPS) is 39.2. The van der Waals surface area contributed by atoms with Crippen molar-refractivity contribution in [3.8, 4) is 0 Å². The van der Waals surface area contributed by atoms with Crippen LogP contribution in [0, 0.1) is 23.7 Å². The van der Waals surface area contributed by atoms with E-state index in [4.69, 9.17) is 10.7 Å². The lowest BCUT2D eigenvalue weighted by molar-refractivity contribution is 0.292. The van der Waals surface area contributed by atoms with Gasteiger partial charge in [-0.25, -0.2) is 0 Å². The van der Waals surface area contributed by atoms with E-state index < -0.39 is 0 Å². The van der Waals surface area contributed by atoms with Gasteiger partial charge in [-0.2, -0.15) is 0 Å². The predicted molar refractivity (Wildman–Crippen MR) is 76.6 cm³/mol. The van der Waals surface area contributed by atoms with Crippen molar-refractivity contribution >= 4 is 5.84 Å². The fourth-order valence-electron chi connectivity index (χ4n) is 4.72. The molecule has 3 fully saturated rings. The van der Waals surface area contributed by atoms with Crippen molar-refractivity contribution in [1.29, 1.82) is 0 Å². The second-order valence-electron chi connectivity index (χ2n) is 6.97. The number of fused-ring (bicyclic) bond motifs is 2. The number of amidine groups is 1. The molecule has 3 rings (SSSR count). The van der Waals surface area contributed by atoms with Gasteiger partial charge in [-0.3, -0.25) is 4.99 Å². The van der Waals surface area contributed by atoms with Crippen LogP contribution in [0.4, 0.5) is 0 Å². The van der Waals surface area contributed by atoms with Crippen LogP contribution in [0.3, 0.4) is 0 Å². The lowest BCUT2D eigenvalue weighted by Gasteiger charge is -2.27. The zero-order valence-corrected chi connectivity index (χ0v) is 11.8. The van der Waals surface area contributed by atoms with E-state index in [0.29, 0.717) is 12.0 Å². The van der Waals surface area contributed by atoms with Gasteiger partial charge in [0.2, 0.25) is 0 Å². The minimum Gasteiger partial charge on any atom is -0.387 e. The largest absolute Gasteiger partial charge is 0.387 e. The highest BCUT2D eigenvalue weighted by Crippen LogP contribution is 2.50.